The lowest BCUT2D eigenvalue weighted by Crippen LogP contribution is -2.04. The topological polar surface area (TPSA) is 51.8 Å². The largest absolute Gasteiger partial charge is 0.459 e. The molecule has 4 nitrogen and oxygen atoms in total. The summed E-state index contributed by atoms with van der Waals surface area (Å²) in [7, 11) is 0. The highest BCUT2D eigenvalue weighted by molar-refractivity contribution is 6.42. The van der Waals surface area contributed by atoms with Gasteiger partial charge in [-0.05, 0) is 35.9 Å². The van der Waals surface area contributed by atoms with Crippen molar-refractivity contribution >= 4 is 41.1 Å². The third kappa shape index (κ3) is 2.48. The van der Waals surface area contributed by atoms with Gasteiger partial charge in [-0.3, -0.25) is 0 Å². The Balaban J connectivity index is 1.95. The SMILES string of the molecule is O=C1OC(c2ccco2)=N/C1=C/c1ccc(Cl)c(Cl)c1. The van der Waals surface area contributed by atoms with Crippen LogP contribution in [-0.2, 0) is 9.53 Å². The molecule has 20 heavy (non-hydrogen) atoms. The van der Waals surface area contributed by atoms with Crippen molar-refractivity contribution in [3.63, 3.8) is 0 Å². The van der Waals surface area contributed by atoms with Crippen molar-refractivity contribution in [2.24, 2.45) is 4.99 Å². The lowest BCUT2D eigenvalue weighted by Gasteiger charge is -1.97. The Morgan fingerprint density at radius 3 is 2.70 bits per heavy atom. The highest BCUT2D eigenvalue weighted by Gasteiger charge is 2.25. The Kier molecular flexibility index (Phi) is 3.34. The molecule has 0 fully saturated rings. The first-order chi connectivity index (χ1) is 9.63. The molecule has 0 saturated carbocycles. The number of carbonyl (C=O) groups excluding carboxylic acids is 1. The number of nitrogens with zero attached hydrogens (tertiary/aromatic N) is 1. The predicted octanol–water partition coefficient (Wildman–Crippen LogP) is 3.93. The van der Waals surface area contributed by atoms with Gasteiger partial charge < -0.3 is 9.15 Å². The van der Waals surface area contributed by atoms with Crippen LogP contribution in [0.4, 0.5) is 0 Å². The Morgan fingerprint density at radius 1 is 1.15 bits per heavy atom. The maximum atomic E-state index is 11.7. The van der Waals surface area contributed by atoms with E-state index in [-0.39, 0.29) is 11.6 Å². The summed E-state index contributed by atoms with van der Waals surface area (Å²) < 4.78 is 10.2. The molecular weight excluding hydrogens is 301 g/mol. The first-order valence-corrected chi connectivity index (χ1v) is 6.40. The summed E-state index contributed by atoms with van der Waals surface area (Å²) in [5.74, 6) is 0.00433. The third-order valence-corrected chi connectivity index (χ3v) is 3.34. The van der Waals surface area contributed by atoms with Crippen molar-refractivity contribution in [1.82, 2.24) is 0 Å². The van der Waals surface area contributed by atoms with E-state index in [1.807, 2.05) is 0 Å². The van der Waals surface area contributed by atoms with E-state index >= 15 is 0 Å². The molecule has 6 heteroatoms. The number of benzene rings is 1. The van der Waals surface area contributed by atoms with Gasteiger partial charge in [0.1, 0.15) is 0 Å². The molecule has 2 heterocycles. The molecule has 1 aliphatic rings. The number of hydrogen-bond acceptors (Lipinski definition) is 4. The quantitative estimate of drug-likeness (QED) is 0.624. The number of hydrogen-bond donors (Lipinski definition) is 0. The molecular formula is C14H7Cl2NO3. The second-order valence-corrected chi connectivity index (χ2v) is 4.80. The first kappa shape index (κ1) is 13.0. The fourth-order valence-electron chi connectivity index (χ4n) is 1.67. The third-order valence-electron chi connectivity index (χ3n) is 2.60. The average Bonchev–Trinajstić information content (AvgIpc) is 3.04. The minimum absolute atomic E-state index is 0.145. The second kappa shape index (κ2) is 5.15. The highest BCUT2D eigenvalue weighted by atomic mass is 35.5. The number of furan rings is 1. The van der Waals surface area contributed by atoms with E-state index in [0.29, 0.717) is 21.4 Å². The van der Waals surface area contributed by atoms with Gasteiger partial charge in [-0.25, -0.2) is 9.79 Å². The van der Waals surface area contributed by atoms with Gasteiger partial charge in [0, 0.05) is 0 Å². The summed E-state index contributed by atoms with van der Waals surface area (Å²) in [6, 6.07) is 8.37. The van der Waals surface area contributed by atoms with E-state index in [2.05, 4.69) is 4.99 Å². The van der Waals surface area contributed by atoms with Crippen LogP contribution < -0.4 is 0 Å². The van der Waals surface area contributed by atoms with Crippen LogP contribution >= 0.6 is 23.2 Å². The van der Waals surface area contributed by atoms with Crippen LogP contribution in [0.3, 0.4) is 0 Å². The van der Waals surface area contributed by atoms with Crippen LogP contribution in [0, 0.1) is 0 Å². The van der Waals surface area contributed by atoms with Gasteiger partial charge in [-0.15, -0.1) is 0 Å². The van der Waals surface area contributed by atoms with Crippen molar-refractivity contribution in [3.8, 4) is 0 Å². The molecule has 1 aromatic carbocycles. The van der Waals surface area contributed by atoms with E-state index < -0.39 is 5.97 Å². The summed E-state index contributed by atoms with van der Waals surface area (Å²) in [5.41, 5.74) is 0.880. The molecule has 100 valence electrons. The summed E-state index contributed by atoms with van der Waals surface area (Å²) >= 11 is 11.7. The monoisotopic (exact) mass is 307 g/mol. The van der Waals surface area contributed by atoms with Gasteiger partial charge in [0.15, 0.2) is 11.5 Å². The molecule has 0 aliphatic carbocycles. The van der Waals surface area contributed by atoms with Crippen molar-refractivity contribution in [1.29, 1.82) is 0 Å². The zero-order chi connectivity index (χ0) is 14.1. The van der Waals surface area contributed by atoms with Gasteiger partial charge in [0.05, 0.1) is 16.3 Å². The molecule has 1 aromatic heterocycles. The Labute approximate surface area is 124 Å². The van der Waals surface area contributed by atoms with E-state index in [4.69, 9.17) is 32.4 Å². The number of aliphatic imine (C=N–C) groups is 1. The van der Waals surface area contributed by atoms with Gasteiger partial charge in [0.2, 0.25) is 0 Å². The smallest absolute Gasteiger partial charge is 0.363 e. The van der Waals surface area contributed by atoms with E-state index in [1.165, 1.54) is 6.26 Å². The number of ether oxygens (including phenoxy) is 1. The fraction of sp³-hybridized carbons (Fsp3) is 0. The second-order valence-electron chi connectivity index (χ2n) is 3.99. The maximum Gasteiger partial charge on any atom is 0.363 e. The molecule has 0 saturated heterocycles. The molecule has 0 bridgehead atoms. The molecule has 0 atom stereocenters. The maximum absolute atomic E-state index is 11.7. The summed E-state index contributed by atoms with van der Waals surface area (Å²) in [4.78, 5) is 15.8. The first-order valence-electron chi connectivity index (χ1n) is 5.65. The van der Waals surface area contributed by atoms with Crippen LogP contribution in [-0.4, -0.2) is 11.9 Å². The van der Waals surface area contributed by atoms with Crippen LogP contribution in [0.1, 0.15) is 11.3 Å². The molecule has 0 amide bonds. The lowest BCUT2D eigenvalue weighted by molar-refractivity contribution is -0.130. The van der Waals surface area contributed by atoms with Crippen LogP contribution in [0.2, 0.25) is 10.0 Å². The van der Waals surface area contributed by atoms with Crippen LogP contribution in [0.25, 0.3) is 6.08 Å². The van der Waals surface area contributed by atoms with Gasteiger partial charge >= 0.3 is 5.97 Å². The zero-order valence-corrected chi connectivity index (χ0v) is 11.5. The van der Waals surface area contributed by atoms with Crippen molar-refractivity contribution in [3.05, 3.63) is 63.7 Å². The number of halogens is 2. The average molecular weight is 308 g/mol. The number of rotatable bonds is 2. The minimum Gasteiger partial charge on any atom is -0.459 e. The zero-order valence-electron chi connectivity index (χ0n) is 9.97. The number of carbonyl (C=O) groups is 1. The van der Waals surface area contributed by atoms with Crippen LogP contribution in [0.5, 0.6) is 0 Å². The lowest BCUT2D eigenvalue weighted by atomic mass is 10.2. The molecule has 2 aromatic rings. The molecule has 0 spiro atoms. The number of esters is 1. The van der Waals surface area contributed by atoms with Gasteiger partial charge in [-0.1, -0.05) is 29.3 Å². The highest BCUT2D eigenvalue weighted by Crippen LogP contribution is 2.25. The molecule has 0 N–H and O–H groups in total. The van der Waals surface area contributed by atoms with Crippen molar-refractivity contribution in [2.45, 2.75) is 0 Å². The molecule has 0 unspecified atom stereocenters. The summed E-state index contributed by atoms with van der Waals surface area (Å²) in [6.07, 6.45) is 3.05. The molecule has 1 aliphatic heterocycles. The van der Waals surface area contributed by atoms with E-state index in [9.17, 15) is 4.79 Å². The van der Waals surface area contributed by atoms with Crippen molar-refractivity contribution < 1.29 is 13.9 Å². The van der Waals surface area contributed by atoms with Crippen LogP contribution in [0.15, 0.2) is 51.7 Å². The predicted molar refractivity (Wildman–Crippen MR) is 75.8 cm³/mol. The standard InChI is InChI=1S/C14H7Cl2NO3/c15-9-4-3-8(6-10(9)16)7-11-14(18)20-13(17-11)12-2-1-5-19-12/h1-7H/b11-7+. The Bertz CT molecular complexity index is 733. The van der Waals surface area contributed by atoms with Gasteiger partial charge in [-0.2, -0.15) is 0 Å². The normalized spacial score (nSPS) is 16.4. The van der Waals surface area contributed by atoms with E-state index in [0.717, 1.165) is 0 Å². The Hall–Kier alpha value is -2.04. The minimum atomic E-state index is -0.539. The fourth-order valence-corrected chi connectivity index (χ4v) is 1.98. The molecule has 0 radical (unpaired) electrons. The van der Waals surface area contributed by atoms with E-state index in [1.54, 1.807) is 36.4 Å². The Morgan fingerprint density at radius 2 is 2.00 bits per heavy atom. The van der Waals surface area contributed by atoms with Gasteiger partial charge in [0.25, 0.3) is 5.90 Å². The summed E-state index contributed by atoms with van der Waals surface area (Å²) in [6.45, 7) is 0. The summed E-state index contributed by atoms with van der Waals surface area (Å²) in [5, 5.41) is 0.852. The van der Waals surface area contributed by atoms with Crippen molar-refractivity contribution in [2.75, 3.05) is 0 Å². The number of cyclic esters (lactones) is 1. The molecule has 3 rings (SSSR count).